The van der Waals surface area contributed by atoms with E-state index in [9.17, 15) is 14.0 Å². The molecule has 0 aliphatic heterocycles. The Morgan fingerprint density at radius 3 is 2.62 bits per heavy atom. The summed E-state index contributed by atoms with van der Waals surface area (Å²) in [6, 6.07) is 6.73. The van der Waals surface area contributed by atoms with Crippen LogP contribution in [0.1, 0.15) is 37.9 Å². The lowest BCUT2D eigenvalue weighted by atomic mass is 9.42. The normalized spacial score (nSPS) is 23.3. The van der Waals surface area contributed by atoms with Crippen LogP contribution in [-0.2, 0) is 16.6 Å². The van der Waals surface area contributed by atoms with Gasteiger partial charge in [-0.1, -0.05) is 22.9 Å². The van der Waals surface area contributed by atoms with Crippen molar-refractivity contribution in [2.24, 2.45) is 12.5 Å². The molecule has 12 heteroatoms. The van der Waals surface area contributed by atoms with E-state index in [-0.39, 0.29) is 36.1 Å². The van der Waals surface area contributed by atoms with Crippen molar-refractivity contribution in [3.05, 3.63) is 47.4 Å². The number of carbonyl (C=O) groups is 2. The number of hydrogen-bond donors (Lipinski definition) is 2. The molecule has 2 amide bonds. The van der Waals surface area contributed by atoms with E-state index in [4.69, 9.17) is 16.3 Å². The molecule has 3 heterocycles. The third-order valence-corrected chi connectivity index (χ3v) is 6.58. The van der Waals surface area contributed by atoms with Crippen LogP contribution in [0.15, 0.2) is 36.7 Å². The molecule has 2 N–H and O–H groups in total. The Kier molecular flexibility index (Phi) is 5.23. The number of alkyl halides is 1. The molecule has 6 rings (SSSR count). The molecule has 0 radical (unpaired) electrons. The zero-order valence-corrected chi connectivity index (χ0v) is 19.1. The average Bonchev–Trinajstić information content (AvgIpc) is 3.11. The fourth-order valence-corrected chi connectivity index (χ4v) is 4.77. The van der Waals surface area contributed by atoms with Gasteiger partial charge in [0.05, 0.1) is 23.0 Å². The number of aryl methyl sites for hydroxylation is 1. The van der Waals surface area contributed by atoms with Gasteiger partial charge in [-0.3, -0.25) is 15.1 Å². The molecule has 10 nitrogen and oxygen atoms in total. The summed E-state index contributed by atoms with van der Waals surface area (Å²) < 4.78 is 20.5. The first-order valence-electron chi connectivity index (χ1n) is 10.6. The van der Waals surface area contributed by atoms with Crippen LogP contribution in [0.2, 0.25) is 5.15 Å². The minimum Gasteiger partial charge on any atom is -0.441 e. The lowest BCUT2D eigenvalue weighted by molar-refractivity contribution is -0.209. The standard InChI is InChI=1S/C22H21ClFN7O3/c1-12(14-4-3-7-25-17(14)23)34-20(33)28-18-16(29-30-31(18)2)15-6-5-13(8-26-15)27-19(32)21-9-22(24,10-21)11-21/h3-8,12H,9-11H2,1-2H3,(H,27,32)(H,28,33)/t12-,21?,22?/m1/s1. The Bertz CT molecular complexity index is 1260. The van der Waals surface area contributed by atoms with Gasteiger partial charge in [0, 0.05) is 18.8 Å². The number of hydrogen-bond acceptors (Lipinski definition) is 7. The van der Waals surface area contributed by atoms with Crippen LogP contribution in [0.5, 0.6) is 0 Å². The first-order valence-corrected chi connectivity index (χ1v) is 11.0. The van der Waals surface area contributed by atoms with Gasteiger partial charge in [-0.05, 0) is 44.4 Å². The Morgan fingerprint density at radius 1 is 1.21 bits per heavy atom. The highest BCUT2D eigenvalue weighted by Crippen LogP contribution is 2.69. The first-order chi connectivity index (χ1) is 16.2. The van der Waals surface area contributed by atoms with E-state index in [2.05, 4.69) is 30.9 Å². The quantitative estimate of drug-likeness (QED) is 0.504. The summed E-state index contributed by atoms with van der Waals surface area (Å²) in [6.45, 7) is 1.68. The van der Waals surface area contributed by atoms with E-state index in [1.807, 2.05) is 0 Å². The number of nitrogens with one attached hydrogen (secondary N) is 2. The molecule has 3 aliphatic rings. The second kappa shape index (κ2) is 8.01. The second-order valence-electron chi connectivity index (χ2n) is 8.81. The molecule has 0 spiro atoms. The van der Waals surface area contributed by atoms with E-state index in [1.165, 1.54) is 10.9 Å². The number of ether oxygens (including phenoxy) is 1. The summed E-state index contributed by atoms with van der Waals surface area (Å²) in [5.41, 5.74) is 0.0976. The van der Waals surface area contributed by atoms with Crippen LogP contribution in [0, 0.1) is 5.41 Å². The summed E-state index contributed by atoms with van der Waals surface area (Å²) in [6.07, 6.45) is 2.51. The summed E-state index contributed by atoms with van der Waals surface area (Å²) in [7, 11) is 1.61. The van der Waals surface area contributed by atoms with Crippen molar-refractivity contribution in [3.8, 4) is 11.4 Å². The number of pyridine rings is 2. The Labute approximate surface area is 198 Å². The SMILES string of the molecule is C[C@@H](OC(=O)Nc1c(-c2ccc(NC(=O)C34CC(F)(C3)C4)cn2)nnn1C)c1cccnc1Cl. The number of halogens is 2. The summed E-state index contributed by atoms with van der Waals surface area (Å²) in [5, 5.41) is 13.7. The molecule has 3 saturated carbocycles. The van der Waals surface area contributed by atoms with Crippen molar-refractivity contribution >= 4 is 35.1 Å². The van der Waals surface area contributed by atoms with Gasteiger partial charge in [0.15, 0.2) is 11.5 Å². The highest BCUT2D eigenvalue weighted by atomic mass is 35.5. The molecule has 3 aromatic heterocycles. The van der Waals surface area contributed by atoms with Gasteiger partial charge in [0.25, 0.3) is 0 Å². The monoisotopic (exact) mass is 485 g/mol. The number of carbonyl (C=O) groups excluding carboxylic acids is 2. The Balaban J connectivity index is 1.25. The van der Waals surface area contributed by atoms with E-state index in [1.54, 1.807) is 44.4 Å². The van der Waals surface area contributed by atoms with Crippen molar-refractivity contribution < 1.29 is 18.7 Å². The molecule has 34 heavy (non-hydrogen) atoms. The smallest absolute Gasteiger partial charge is 0.413 e. The number of rotatable bonds is 6. The van der Waals surface area contributed by atoms with Gasteiger partial charge in [-0.2, -0.15) is 0 Å². The highest BCUT2D eigenvalue weighted by Gasteiger charge is 2.72. The van der Waals surface area contributed by atoms with Crippen LogP contribution < -0.4 is 10.6 Å². The molecule has 0 unspecified atom stereocenters. The molecular formula is C22H21ClFN7O3. The maximum Gasteiger partial charge on any atom is 0.413 e. The molecule has 0 aromatic carbocycles. The molecule has 3 fully saturated rings. The highest BCUT2D eigenvalue weighted by molar-refractivity contribution is 6.30. The molecule has 176 valence electrons. The van der Waals surface area contributed by atoms with E-state index < -0.39 is 23.3 Å². The lowest BCUT2D eigenvalue weighted by Gasteiger charge is -2.64. The van der Waals surface area contributed by atoms with Crippen molar-refractivity contribution in [1.29, 1.82) is 0 Å². The predicted octanol–water partition coefficient (Wildman–Crippen LogP) is 4.07. The molecular weight excluding hydrogens is 465 g/mol. The number of aromatic nitrogens is 5. The van der Waals surface area contributed by atoms with Gasteiger partial charge in [-0.25, -0.2) is 18.9 Å². The number of anilines is 2. The van der Waals surface area contributed by atoms with Gasteiger partial charge in [0.2, 0.25) is 5.91 Å². The molecule has 0 saturated heterocycles. The summed E-state index contributed by atoms with van der Waals surface area (Å²) in [5.74, 6) is 0.0925. The minimum atomic E-state index is -1.14. The topological polar surface area (TPSA) is 124 Å². The molecule has 2 bridgehead atoms. The third-order valence-electron chi connectivity index (χ3n) is 6.27. The fourth-order valence-electron chi connectivity index (χ4n) is 4.50. The predicted molar refractivity (Wildman–Crippen MR) is 121 cm³/mol. The van der Waals surface area contributed by atoms with Crippen LogP contribution >= 0.6 is 11.6 Å². The molecule has 1 atom stereocenters. The number of nitrogens with zero attached hydrogens (tertiary/aromatic N) is 5. The molecule has 3 aliphatic carbocycles. The largest absolute Gasteiger partial charge is 0.441 e. The van der Waals surface area contributed by atoms with Crippen LogP contribution in [0.3, 0.4) is 0 Å². The van der Waals surface area contributed by atoms with E-state index >= 15 is 0 Å². The van der Waals surface area contributed by atoms with Crippen LogP contribution in [0.25, 0.3) is 11.4 Å². The lowest BCUT2D eigenvalue weighted by Crippen LogP contribution is -2.68. The van der Waals surface area contributed by atoms with Crippen molar-refractivity contribution in [1.82, 2.24) is 25.0 Å². The number of amides is 2. The second-order valence-corrected chi connectivity index (χ2v) is 9.17. The average molecular weight is 486 g/mol. The van der Waals surface area contributed by atoms with Gasteiger partial charge in [0.1, 0.15) is 16.9 Å². The van der Waals surface area contributed by atoms with Gasteiger partial charge < -0.3 is 10.1 Å². The third kappa shape index (κ3) is 3.85. The first kappa shape index (κ1) is 22.2. The fraction of sp³-hybridized carbons (Fsp3) is 0.364. The minimum absolute atomic E-state index is 0.186. The van der Waals surface area contributed by atoms with Crippen molar-refractivity contribution in [2.45, 2.75) is 38.0 Å². The summed E-state index contributed by atoms with van der Waals surface area (Å²) >= 11 is 6.07. The van der Waals surface area contributed by atoms with E-state index in [0.717, 1.165) is 0 Å². The zero-order chi connectivity index (χ0) is 24.1. The van der Waals surface area contributed by atoms with Gasteiger partial charge in [-0.15, -0.1) is 5.10 Å². The molecule has 3 aromatic rings. The zero-order valence-electron chi connectivity index (χ0n) is 18.4. The Hall–Kier alpha value is -3.60. The van der Waals surface area contributed by atoms with Crippen LogP contribution in [0.4, 0.5) is 20.7 Å². The van der Waals surface area contributed by atoms with Crippen molar-refractivity contribution in [3.63, 3.8) is 0 Å². The maximum atomic E-state index is 13.7. The Morgan fingerprint density at radius 2 is 1.97 bits per heavy atom. The summed E-state index contributed by atoms with van der Waals surface area (Å²) in [4.78, 5) is 33.3. The maximum absolute atomic E-state index is 13.7. The van der Waals surface area contributed by atoms with Crippen molar-refractivity contribution in [2.75, 3.05) is 10.6 Å². The van der Waals surface area contributed by atoms with Gasteiger partial charge >= 0.3 is 6.09 Å². The van der Waals surface area contributed by atoms with E-state index in [0.29, 0.717) is 22.6 Å². The van der Waals surface area contributed by atoms with Crippen LogP contribution in [-0.4, -0.2) is 42.6 Å².